The molecule has 2 aliphatic heterocycles. The average Bonchev–Trinajstić information content (AvgIpc) is 3.81. The molecule has 1 aromatic carbocycles. The normalized spacial score (nSPS) is 26.9. The molecule has 0 unspecified atom stereocenters. The Kier molecular flexibility index (Phi) is 5.60. The molecule has 38 heavy (non-hydrogen) atoms. The molecule has 0 bridgehead atoms. The van der Waals surface area contributed by atoms with Crippen LogP contribution < -0.4 is 4.90 Å². The Bertz CT molecular complexity index is 1300. The third-order valence-electron chi connectivity index (χ3n) is 9.66. The minimum Gasteiger partial charge on any atom is -0.394 e. The maximum atomic E-state index is 13.7. The van der Waals surface area contributed by atoms with E-state index in [0.717, 1.165) is 50.0 Å². The van der Waals surface area contributed by atoms with Gasteiger partial charge in [-0.2, -0.15) is 5.10 Å². The third kappa shape index (κ3) is 3.85. The van der Waals surface area contributed by atoms with Gasteiger partial charge in [0.05, 0.1) is 24.9 Å². The van der Waals surface area contributed by atoms with Crippen LogP contribution in [0.2, 0.25) is 0 Å². The van der Waals surface area contributed by atoms with Crippen LogP contribution in [0.1, 0.15) is 58.1 Å². The van der Waals surface area contributed by atoms with Gasteiger partial charge in [-0.3, -0.25) is 14.3 Å². The highest BCUT2D eigenvalue weighted by Crippen LogP contribution is 2.57. The number of rotatable bonds is 5. The summed E-state index contributed by atoms with van der Waals surface area (Å²) in [7, 11) is 0. The number of aryl methyl sites for hydroxylation is 1. The Morgan fingerprint density at radius 3 is 2.82 bits per heavy atom. The second kappa shape index (κ2) is 8.81. The molecular weight excluding hydrogens is 482 g/mol. The number of ether oxygens (including phenoxy) is 1. The molecule has 2 saturated heterocycles. The summed E-state index contributed by atoms with van der Waals surface area (Å²) in [4.78, 5) is 33.6. The molecule has 1 aromatic heterocycles. The van der Waals surface area contributed by atoms with Crippen LogP contribution in [0.4, 0.5) is 5.69 Å². The van der Waals surface area contributed by atoms with Gasteiger partial charge in [0.25, 0.3) is 5.91 Å². The van der Waals surface area contributed by atoms with Gasteiger partial charge in [-0.1, -0.05) is 12.1 Å². The minimum absolute atomic E-state index is 0.0876. The summed E-state index contributed by atoms with van der Waals surface area (Å²) in [6.07, 6.45) is 3.73. The van der Waals surface area contributed by atoms with Gasteiger partial charge in [0.15, 0.2) is 5.69 Å². The summed E-state index contributed by atoms with van der Waals surface area (Å²) in [5.74, 6) is 1.00. The predicted molar refractivity (Wildman–Crippen MR) is 141 cm³/mol. The number of piperazine rings is 1. The first-order valence-corrected chi connectivity index (χ1v) is 14.1. The van der Waals surface area contributed by atoms with E-state index in [1.807, 2.05) is 4.68 Å². The van der Waals surface area contributed by atoms with Gasteiger partial charge >= 0.3 is 0 Å². The molecule has 2 amide bonds. The van der Waals surface area contributed by atoms with Crippen LogP contribution in [0.5, 0.6) is 0 Å². The number of carbonyl (C=O) groups excluding carboxylic acids is 2. The average molecular weight is 520 g/mol. The first-order chi connectivity index (χ1) is 18.4. The van der Waals surface area contributed by atoms with Crippen molar-refractivity contribution in [2.24, 2.45) is 5.92 Å². The van der Waals surface area contributed by atoms with Crippen molar-refractivity contribution < 1.29 is 19.4 Å². The van der Waals surface area contributed by atoms with Crippen LogP contribution in [-0.4, -0.2) is 94.1 Å². The van der Waals surface area contributed by atoms with Crippen LogP contribution in [0.15, 0.2) is 18.2 Å². The Balaban J connectivity index is 1.10. The second-order valence-electron chi connectivity index (χ2n) is 12.0. The molecule has 1 N–H and O–H groups in total. The topological polar surface area (TPSA) is 91.1 Å². The molecule has 3 aliphatic carbocycles. The number of hydrogen-bond donors (Lipinski definition) is 1. The van der Waals surface area contributed by atoms with Crippen molar-refractivity contribution in [1.29, 1.82) is 0 Å². The monoisotopic (exact) mass is 519 g/mol. The summed E-state index contributed by atoms with van der Waals surface area (Å²) in [5.41, 5.74) is 6.46. The lowest BCUT2D eigenvalue weighted by Gasteiger charge is -2.44. The number of aromatic nitrogens is 2. The van der Waals surface area contributed by atoms with E-state index in [-0.39, 0.29) is 36.6 Å². The number of aliphatic hydroxyl groups excluding tert-OH is 1. The SMILES string of the molecule is Cc1cccc(N2CCN(C(=O)Cn3nc(C(=O)N4CCO[C@H](CO)C4)c4c3C[C@H]3C[C@@H]43)C3(CC3)C2)c1C. The molecule has 9 nitrogen and oxygen atoms in total. The number of nitrogens with zero attached hydrogens (tertiary/aromatic N) is 5. The molecule has 5 aliphatic rings. The Morgan fingerprint density at radius 1 is 1.18 bits per heavy atom. The van der Waals surface area contributed by atoms with Crippen molar-refractivity contribution in [3.63, 3.8) is 0 Å². The van der Waals surface area contributed by atoms with Crippen molar-refractivity contribution in [3.8, 4) is 0 Å². The quantitative estimate of drug-likeness (QED) is 0.649. The van der Waals surface area contributed by atoms with Gasteiger partial charge in [0, 0.05) is 49.7 Å². The van der Waals surface area contributed by atoms with Crippen LogP contribution >= 0.6 is 0 Å². The molecule has 7 rings (SSSR count). The third-order valence-corrected chi connectivity index (χ3v) is 9.66. The summed E-state index contributed by atoms with van der Waals surface area (Å²) in [6.45, 7) is 8.13. The fourth-order valence-electron chi connectivity index (χ4n) is 7.08. The number of hydrogen-bond acceptors (Lipinski definition) is 6. The lowest BCUT2D eigenvalue weighted by molar-refractivity contribution is -0.135. The van der Waals surface area contributed by atoms with E-state index < -0.39 is 0 Å². The number of fused-ring (bicyclic) bond motifs is 3. The van der Waals surface area contributed by atoms with Crippen LogP contribution in [0.3, 0.4) is 0 Å². The summed E-state index contributed by atoms with van der Waals surface area (Å²) in [5, 5.41) is 14.3. The maximum absolute atomic E-state index is 13.7. The predicted octanol–water partition coefficient (Wildman–Crippen LogP) is 1.87. The molecule has 9 heteroatoms. The standard InChI is InChI=1S/C29H37N5O4/c1-18-4-3-5-23(19(18)2)32-8-9-33(29(17-32)6-7-29)25(36)15-34-24-13-20-12-22(20)26(24)27(30-34)28(37)31-10-11-38-21(14-31)16-35/h3-5,20-22,35H,6-17H2,1-2H3/t20-,21+,22-/m1/s1. The molecule has 2 aromatic rings. The molecule has 2 saturated carbocycles. The number of morpholine rings is 1. The van der Waals surface area contributed by atoms with Crippen molar-refractivity contribution in [2.75, 3.05) is 50.8 Å². The highest BCUT2D eigenvalue weighted by atomic mass is 16.5. The van der Waals surface area contributed by atoms with E-state index in [4.69, 9.17) is 9.84 Å². The van der Waals surface area contributed by atoms with Gasteiger partial charge in [0.2, 0.25) is 5.91 Å². The van der Waals surface area contributed by atoms with E-state index >= 15 is 0 Å². The van der Waals surface area contributed by atoms with Gasteiger partial charge in [-0.15, -0.1) is 0 Å². The second-order valence-corrected chi connectivity index (χ2v) is 12.0. The molecule has 0 radical (unpaired) electrons. The number of aliphatic hydroxyl groups is 1. The number of carbonyl (C=O) groups is 2. The Morgan fingerprint density at radius 2 is 2.03 bits per heavy atom. The van der Waals surface area contributed by atoms with Crippen molar-refractivity contribution in [1.82, 2.24) is 19.6 Å². The van der Waals surface area contributed by atoms with E-state index in [1.54, 1.807) is 4.90 Å². The van der Waals surface area contributed by atoms with Gasteiger partial charge < -0.3 is 24.5 Å². The number of anilines is 1. The van der Waals surface area contributed by atoms with Crippen LogP contribution in [0, 0.1) is 19.8 Å². The van der Waals surface area contributed by atoms with E-state index in [9.17, 15) is 14.7 Å². The first kappa shape index (κ1) is 24.2. The summed E-state index contributed by atoms with van der Waals surface area (Å²) in [6, 6.07) is 6.47. The molecule has 202 valence electrons. The lowest BCUT2D eigenvalue weighted by atomic mass is 10.0. The fraction of sp³-hybridized carbons (Fsp3) is 0.621. The Labute approximate surface area is 223 Å². The van der Waals surface area contributed by atoms with Gasteiger partial charge in [-0.25, -0.2) is 0 Å². The largest absolute Gasteiger partial charge is 0.394 e. The van der Waals surface area contributed by atoms with E-state index in [2.05, 4.69) is 41.8 Å². The van der Waals surface area contributed by atoms with E-state index in [0.29, 0.717) is 43.8 Å². The maximum Gasteiger partial charge on any atom is 0.274 e. The summed E-state index contributed by atoms with van der Waals surface area (Å²) >= 11 is 0. The molecular formula is C29H37N5O4. The van der Waals surface area contributed by atoms with Crippen molar-refractivity contribution >= 4 is 17.5 Å². The van der Waals surface area contributed by atoms with Crippen molar-refractivity contribution in [2.45, 2.75) is 63.6 Å². The molecule has 3 atom stereocenters. The molecule has 3 heterocycles. The van der Waals surface area contributed by atoms with Crippen molar-refractivity contribution in [3.05, 3.63) is 46.3 Å². The zero-order valence-electron chi connectivity index (χ0n) is 22.4. The lowest BCUT2D eigenvalue weighted by Crippen LogP contribution is -2.58. The highest BCUT2D eigenvalue weighted by molar-refractivity contribution is 5.95. The number of benzene rings is 1. The smallest absolute Gasteiger partial charge is 0.274 e. The van der Waals surface area contributed by atoms with Crippen LogP contribution in [0.25, 0.3) is 0 Å². The zero-order valence-corrected chi connectivity index (χ0v) is 22.4. The zero-order chi connectivity index (χ0) is 26.2. The molecule has 4 fully saturated rings. The minimum atomic E-state index is -0.352. The summed E-state index contributed by atoms with van der Waals surface area (Å²) < 4.78 is 7.38. The molecule has 1 spiro atoms. The van der Waals surface area contributed by atoms with Crippen LogP contribution in [-0.2, 0) is 22.5 Å². The first-order valence-electron chi connectivity index (χ1n) is 14.1. The Hall–Kier alpha value is -2.91. The van der Waals surface area contributed by atoms with Gasteiger partial charge in [-0.05, 0) is 68.6 Å². The highest BCUT2D eigenvalue weighted by Gasteiger charge is 2.54. The fourth-order valence-corrected chi connectivity index (χ4v) is 7.08. The van der Waals surface area contributed by atoms with Gasteiger partial charge in [0.1, 0.15) is 6.54 Å². The van der Waals surface area contributed by atoms with E-state index in [1.165, 1.54) is 16.8 Å². The number of amides is 2.